The number of hydrogen-bond donors (Lipinski definition) is 5. The number of aryl methyl sites for hydroxylation is 2. The van der Waals surface area contributed by atoms with Crippen molar-refractivity contribution in [2.24, 2.45) is 24.9 Å². The minimum absolute atomic E-state index is 0.0134. The predicted octanol–water partition coefficient (Wildman–Crippen LogP) is 4.72. The van der Waals surface area contributed by atoms with E-state index in [2.05, 4.69) is 56.5 Å². The number of carbonyl (C=O) groups is 4. The van der Waals surface area contributed by atoms with Gasteiger partial charge in [-0.1, -0.05) is 51.4 Å². The average molecular weight is 944 g/mol. The molecule has 352 valence electrons. The van der Waals surface area contributed by atoms with Crippen molar-refractivity contribution in [2.45, 2.75) is 40.5 Å². The first-order valence-electron chi connectivity index (χ1n) is 23.5. The number of methoxy groups -OCH3 is 2. The zero-order chi connectivity index (χ0) is 53.6. The molecule has 0 bridgehead atoms. The number of aromatic nitrogens is 10. The number of para-hydroxylation sites is 2. The van der Waals surface area contributed by atoms with Crippen LogP contribution in [0.2, 0.25) is 5.15 Å². The summed E-state index contributed by atoms with van der Waals surface area (Å²) in [5, 5.41) is 36.7. The number of ether oxygens (including phenoxy) is 2. The van der Waals surface area contributed by atoms with Gasteiger partial charge in [0.1, 0.15) is 12.7 Å². The molecule has 0 unspecified atom stereocenters. The number of nitrogens with zero attached hydrogens (tertiary/aromatic N) is 11. The lowest BCUT2D eigenvalue weighted by atomic mass is 9.92. The molecule has 5 N–H and O–H groups in total. The lowest BCUT2D eigenvalue weighted by Gasteiger charge is -2.20. The van der Waals surface area contributed by atoms with Gasteiger partial charge in [-0.25, -0.2) is 9.97 Å². The summed E-state index contributed by atoms with van der Waals surface area (Å²) >= 11 is 5.91. The van der Waals surface area contributed by atoms with Gasteiger partial charge < -0.3 is 36.1 Å². The third kappa shape index (κ3) is 11.0. The maximum Gasteiger partial charge on any atom is 0.273 e. The van der Waals surface area contributed by atoms with Gasteiger partial charge >= 0.3 is 0 Å². The van der Waals surface area contributed by atoms with Crippen LogP contribution in [0.3, 0.4) is 0 Å². The van der Waals surface area contributed by atoms with Crippen molar-refractivity contribution in [1.29, 1.82) is 0 Å². The van der Waals surface area contributed by atoms with E-state index in [0.29, 0.717) is 58.6 Å². The standard InChI is InChI=1S/C22H26N8O3.C16H16ClN7O2.C6H11NO/c1-22(2)9-10-30(21(22)32)16-11-15(17(27-26-16)20(31)23-3)25-14-8-6-7-13(18(14)33-5)19-24-12-29(4)28-19;1-18-16(25)13-11(7-12(17)21-22-13)20-10-6-4-5-9(14(10)26-3)15-19-8-24(2)23-15;1-6(2)3-4-7-5(6)8/h6-8,11-12H,9-10H2,1-5H3,(H,23,31)(H,25,26);4-8H,1-3H3,(H,18,25)(H,20,21);3-4H2,1-2H3,(H,7,8)/i3D3;1D3;. The van der Waals surface area contributed by atoms with Crippen LogP contribution in [-0.2, 0) is 23.7 Å². The van der Waals surface area contributed by atoms with Crippen LogP contribution >= 0.6 is 11.6 Å². The van der Waals surface area contributed by atoms with Gasteiger partial charge in [-0.15, -0.1) is 20.4 Å². The van der Waals surface area contributed by atoms with Crippen LogP contribution in [0.1, 0.15) is 69.7 Å². The molecule has 0 radical (unpaired) electrons. The van der Waals surface area contributed by atoms with Gasteiger partial charge in [-0.2, -0.15) is 10.2 Å². The van der Waals surface area contributed by atoms with Crippen LogP contribution in [0.4, 0.5) is 28.6 Å². The fourth-order valence-electron chi connectivity index (χ4n) is 6.83. The molecule has 67 heavy (non-hydrogen) atoms. The van der Waals surface area contributed by atoms with Crippen LogP contribution in [-0.4, -0.2) is 115 Å². The molecule has 2 aromatic carbocycles. The van der Waals surface area contributed by atoms with Crippen LogP contribution in [0.15, 0.2) is 61.2 Å². The molecular weight excluding hydrogens is 884 g/mol. The first-order valence-corrected chi connectivity index (χ1v) is 20.8. The summed E-state index contributed by atoms with van der Waals surface area (Å²) in [5.74, 6) is 0.0950. The van der Waals surface area contributed by atoms with E-state index in [-0.39, 0.29) is 51.0 Å². The zero-order valence-corrected chi connectivity index (χ0v) is 38.6. The quantitative estimate of drug-likeness (QED) is 0.118. The minimum atomic E-state index is -2.73. The van der Waals surface area contributed by atoms with Crippen LogP contribution < -0.4 is 41.0 Å². The summed E-state index contributed by atoms with van der Waals surface area (Å²) in [5.41, 5.74) is 1.25. The van der Waals surface area contributed by atoms with Crippen molar-refractivity contribution >= 4 is 63.8 Å². The van der Waals surface area contributed by atoms with Crippen molar-refractivity contribution in [3.63, 3.8) is 0 Å². The normalized spacial score (nSPS) is 16.2. The Morgan fingerprint density at radius 2 is 1.25 bits per heavy atom. The summed E-state index contributed by atoms with van der Waals surface area (Å²) < 4.78 is 58.0. The highest BCUT2D eigenvalue weighted by Crippen LogP contribution is 2.40. The van der Waals surface area contributed by atoms with Gasteiger partial charge in [-0.05, 0) is 37.1 Å². The molecule has 0 saturated carbocycles. The van der Waals surface area contributed by atoms with Gasteiger partial charge in [0.2, 0.25) is 11.8 Å². The molecule has 4 aromatic heterocycles. The highest BCUT2D eigenvalue weighted by atomic mass is 35.5. The molecule has 23 heteroatoms. The highest BCUT2D eigenvalue weighted by Gasteiger charge is 2.40. The number of amides is 4. The van der Waals surface area contributed by atoms with Crippen molar-refractivity contribution in [2.75, 3.05) is 56.8 Å². The molecule has 8 rings (SSSR count). The van der Waals surface area contributed by atoms with E-state index in [9.17, 15) is 19.2 Å². The SMILES string of the molecule is CC1(C)CCNC1=O.[2H]C([2H])([2H])NC(=O)c1nnc(Cl)cc1Nc1cccc(-c2ncn(C)n2)c1OC.[2H]C([2H])([2H])NC(=O)c1nnc(N2CCC(C)(C)C2=O)cc1Nc1cccc(-c2ncn(C)n2)c1OC. The fourth-order valence-corrected chi connectivity index (χ4v) is 6.98. The predicted molar refractivity (Wildman–Crippen MR) is 251 cm³/mol. The van der Waals surface area contributed by atoms with Gasteiger partial charge in [0, 0.05) is 72.3 Å². The lowest BCUT2D eigenvalue weighted by Crippen LogP contribution is -2.32. The average Bonchev–Trinajstić information content (AvgIpc) is 4.08. The Bertz CT molecular complexity index is 3020. The molecule has 4 amide bonds. The highest BCUT2D eigenvalue weighted by molar-refractivity contribution is 6.29. The van der Waals surface area contributed by atoms with E-state index in [4.69, 9.17) is 29.3 Å². The van der Waals surface area contributed by atoms with Gasteiger partial charge in [-0.3, -0.25) is 33.4 Å². The Labute approximate surface area is 400 Å². The third-order valence-corrected chi connectivity index (χ3v) is 10.8. The Balaban J connectivity index is 0.000000210. The van der Waals surface area contributed by atoms with Crippen LogP contribution in [0, 0.1) is 10.8 Å². The molecule has 0 spiro atoms. The smallest absolute Gasteiger partial charge is 0.273 e. The summed E-state index contributed by atoms with van der Waals surface area (Å²) in [6.45, 7) is 3.51. The number of halogens is 1. The Morgan fingerprint density at radius 1 is 0.731 bits per heavy atom. The maximum atomic E-state index is 12.9. The topological polar surface area (TPSA) is 263 Å². The number of hydrogen-bond acceptors (Lipinski definition) is 16. The first kappa shape index (κ1) is 40.7. The maximum absolute atomic E-state index is 12.9. The third-order valence-electron chi connectivity index (χ3n) is 10.6. The van der Waals surface area contributed by atoms with E-state index < -0.39 is 31.2 Å². The van der Waals surface area contributed by atoms with E-state index in [1.807, 2.05) is 38.3 Å². The fraction of sp³-hybridized carbons (Fsp3) is 0.364. The second-order valence-corrected chi connectivity index (χ2v) is 16.7. The largest absolute Gasteiger partial charge is 0.494 e. The summed E-state index contributed by atoms with van der Waals surface area (Å²) in [6, 6.07) is 13.3. The molecule has 6 aromatic rings. The number of anilines is 5. The van der Waals surface area contributed by atoms with Crippen molar-refractivity contribution in [1.82, 2.24) is 65.9 Å². The van der Waals surface area contributed by atoms with E-state index in [0.717, 1.165) is 13.0 Å². The first-order chi connectivity index (χ1) is 34.2. The number of carbonyl (C=O) groups excluding carboxylic acids is 4. The van der Waals surface area contributed by atoms with Gasteiger partial charge in [0.25, 0.3) is 11.8 Å². The number of benzene rings is 2. The van der Waals surface area contributed by atoms with E-state index in [1.54, 1.807) is 72.5 Å². The van der Waals surface area contributed by atoms with E-state index >= 15 is 0 Å². The molecule has 0 aliphatic carbocycles. The second-order valence-electron chi connectivity index (χ2n) is 16.3. The monoisotopic (exact) mass is 942 g/mol. The molecule has 6 heterocycles. The van der Waals surface area contributed by atoms with Gasteiger partial charge in [0.05, 0.1) is 48.1 Å². The molecule has 2 aliphatic heterocycles. The molecule has 2 saturated heterocycles. The van der Waals surface area contributed by atoms with Crippen molar-refractivity contribution in [3.8, 4) is 34.3 Å². The molecule has 2 aliphatic rings. The van der Waals surface area contributed by atoms with Gasteiger partial charge in [0.15, 0.2) is 45.5 Å². The minimum Gasteiger partial charge on any atom is -0.494 e. The van der Waals surface area contributed by atoms with Crippen molar-refractivity contribution < 1.29 is 36.9 Å². The summed E-state index contributed by atoms with van der Waals surface area (Å²) in [6.07, 6.45) is 4.72. The molecule has 0 atom stereocenters. The second kappa shape index (κ2) is 20.6. The zero-order valence-electron chi connectivity index (χ0n) is 43.8. The van der Waals surface area contributed by atoms with Crippen LogP contribution in [0.5, 0.6) is 11.5 Å². The van der Waals surface area contributed by atoms with Crippen molar-refractivity contribution in [3.05, 3.63) is 77.7 Å². The Hall–Kier alpha value is -7.75. The van der Waals surface area contributed by atoms with Crippen LogP contribution in [0.25, 0.3) is 22.8 Å². The molecule has 2 fully saturated rings. The summed E-state index contributed by atoms with van der Waals surface area (Å²) in [7, 11) is 6.45. The Morgan fingerprint density at radius 3 is 1.66 bits per heavy atom. The number of nitrogens with one attached hydrogen (secondary N) is 5. The number of rotatable bonds is 11. The lowest BCUT2D eigenvalue weighted by molar-refractivity contribution is -0.126. The Kier molecular flexibility index (Phi) is 12.5. The molecular formula is C44H53ClN16O6. The molecule has 22 nitrogen and oxygen atoms in total. The van der Waals surface area contributed by atoms with E-state index in [1.165, 1.54) is 31.3 Å². The summed E-state index contributed by atoms with van der Waals surface area (Å²) in [4.78, 5) is 58.7.